The molecule has 6 nitrogen and oxygen atoms in total. The molecule has 0 aromatic heterocycles. The van der Waals surface area contributed by atoms with E-state index in [2.05, 4.69) is 4.72 Å². The van der Waals surface area contributed by atoms with E-state index in [9.17, 15) is 13.2 Å². The Balaban J connectivity index is 2.72. The van der Waals surface area contributed by atoms with Crippen molar-refractivity contribution in [1.29, 1.82) is 0 Å². The molecule has 0 unspecified atom stereocenters. The number of benzene rings is 1. The van der Waals surface area contributed by atoms with Gasteiger partial charge in [-0.05, 0) is 30.5 Å². The van der Waals surface area contributed by atoms with Gasteiger partial charge in [0.25, 0.3) is 0 Å². The number of nitrogen functional groups attached to an aromatic ring is 1. The van der Waals surface area contributed by atoms with Crippen LogP contribution in [-0.4, -0.2) is 20.9 Å². The summed E-state index contributed by atoms with van der Waals surface area (Å²) in [7, 11) is -3.59. The van der Waals surface area contributed by atoms with Crippen molar-refractivity contribution in [2.24, 2.45) is 5.73 Å². The number of amides is 1. The molecule has 1 rings (SSSR count). The molecule has 0 fully saturated rings. The monoisotopic (exact) mass is 285 g/mol. The number of carbonyl (C=O) groups is 1. The lowest BCUT2D eigenvalue weighted by Crippen LogP contribution is -2.26. The van der Waals surface area contributed by atoms with Crippen LogP contribution in [-0.2, 0) is 21.2 Å². The first-order chi connectivity index (χ1) is 8.86. The van der Waals surface area contributed by atoms with Gasteiger partial charge >= 0.3 is 0 Å². The maximum atomic E-state index is 11.9. The summed E-state index contributed by atoms with van der Waals surface area (Å²) in [6, 6.07) is 4.66. The second-order valence-electron chi connectivity index (χ2n) is 4.18. The molecule has 0 bridgehead atoms. The van der Waals surface area contributed by atoms with Crippen molar-refractivity contribution < 1.29 is 13.2 Å². The van der Waals surface area contributed by atoms with E-state index in [1.54, 1.807) is 6.07 Å². The average molecular weight is 285 g/mol. The van der Waals surface area contributed by atoms with Crippen LogP contribution in [0, 0.1) is 0 Å². The SMILES string of the molecule is CCc1ccc(S(=O)(=O)NCCCC(N)=O)cc1N. The van der Waals surface area contributed by atoms with Gasteiger partial charge in [-0.25, -0.2) is 13.1 Å². The quantitative estimate of drug-likeness (QED) is 0.496. The van der Waals surface area contributed by atoms with Gasteiger partial charge in [-0.3, -0.25) is 4.79 Å². The summed E-state index contributed by atoms with van der Waals surface area (Å²) in [6.07, 6.45) is 1.27. The molecule has 0 aliphatic rings. The second-order valence-corrected chi connectivity index (χ2v) is 5.95. The van der Waals surface area contributed by atoms with E-state index < -0.39 is 15.9 Å². The summed E-state index contributed by atoms with van der Waals surface area (Å²) in [4.78, 5) is 10.7. The molecule has 0 aliphatic carbocycles. The lowest BCUT2D eigenvalue weighted by atomic mass is 10.1. The molecule has 0 saturated heterocycles. The van der Waals surface area contributed by atoms with Crippen LogP contribution in [0.5, 0.6) is 0 Å². The van der Waals surface area contributed by atoms with Gasteiger partial charge in [0.15, 0.2) is 0 Å². The minimum Gasteiger partial charge on any atom is -0.398 e. The zero-order chi connectivity index (χ0) is 14.5. The second kappa shape index (κ2) is 6.53. The van der Waals surface area contributed by atoms with Crippen molar-refractivity contribution in [2.45, 2.75) is 31.1 Å². The van der Waals surface area contributed by atoms with Crippen molar-refractivity contribution in [3.8, 4) is 0 Å². The standard InChI is InChI=1S/C12H19N3O3S/c1-2-9-5-6-10(8-11(9)13)19(17,18)15-7-3-4-12(14)16/h5-6,8,15H,2-4,7,13H2,1H3,(H2,14,16). The van der Waals surface area contributed by atoms with Crippen LogP contribution in [0.15, 0.2) is 23.1 Å². The highest BCUT2D eigenvalue weighted by Gasteiger charge is 2.14. The Bertz CT molecular complexity index is 555. The first-order valence-corrected chi connectivity index (χ1v) is 7.51. The fourth-order valence-electron chi connectivity index (χ4n) is 1.61. The number of sulfonamides is 1. The van der Waals surface area contributed by atoms with Gasteiger partial charge in [0.05, 0.1) is 4.90 Å². The Kier molecular flexibility index (Phi) is 5.31. The van der Waals surface area contributed by atoms with Gasteiger partial charge in [-0.15, -0.1) is 0 Å². The van der Waals surface area contributed by atoms with Gasteiger partial charge in [-0.1, -0.05) is 13.0 Å². The number of aryl methyl sites for hydroxylation is 1. The highest BCUT2D eigenvalue weighted by molar-refractivity contribution is 7.89. The van der Waals surface area contributed by atoms with Crippen LogP contribution >= 0.6 is 0 Å². The van der Waals surface area contributed by atoms with Crippen molar-refractivity contribution in [3.05, 3.63) is 23.8 Å². The number of nitrogens with two attached hydrogens (primary N) is 2. The van der Waals surface area contributed by atoms with Gasteiger partial charge in [0.1, 0.15) is 0 Å². The molecule has 0 radical (unpaired) electrons. The zero-order valence-electron chi connectivity index (χ0n) is 10.8. The topological polar surface area (TPSA) is 115 Å². The third kappa shape index (κ3) is 4.53. The van der Waals surface area contributed by atoms with Gasteiger partial charge in [0, 0.05) is 18.7 Å². The number of rotatable bonds is 7. The largest absolute Gasteiger partial charge is 0.398 e. The van der Waals surface area contributed by atoms with E-state index >= 15 is 0 Å². The fraction of sp³-hybridized carbons (Fsp3) is 0.417. The molecule has 0 heterocycles. The van der Waals surface area contributed by atoms with Crippen LogP contribution in [0.4, 0.5) is 5.69 Å². The molecule has 0 spiro atoms. The molecular formula is C12H19N3O3S. The number of primary amides is 1. The molecule has 1 amide bonds. The molecule has 1 aromatic carbocycles. The Hall–Kier alpha value is -1.60. The smallest absolute Gasteiger partial charge is 0.240 e. The Morgan fingerprint density at radius 2 is 2.05 bits per heavy atom. The van der Waals surface area contributed by atoms with E-state index in [-0.39, 0.29) is 17.9 Å². The molecule has 106 valence electrons. The summed E-state index contributed by atoms with van der Waals surface area (Å²) in [5, 5.41) is 0. The lowest BCUT2D eigenvalue weighted by molar-refractivity contribution is -0.118. The summed E-state index contributed by atoms with van der Waals surface area (Å²) in [5.74, 6) is -0.448. The number of hydrogen-bond acceptors (Lipinski definition) is 4. The van der Waals surface area contributed by atoms with E-state index in [4.69, 9.17) is 11.5 Å². The molecule has 5 N–H and O–H groups in total. The zero-order valence-corrected chi connectivity index (χ0v) is 11.7. The summed E-state index contributed by atoms with van der Waals surface area (Å²) < 4.78 is 26.3. The molecular weight excluding hydrogens is 266 g/mol. The fourth-order valence-corrected chi connectivity index (χ4v) is 2.72. The van der Waals surface area contributed by atoms with E-state index in [0.29, 0.717) is 12.1 Å². The van der Waals surface area contributed by atoms with Crippen molar-refractivity contribution in [2.75, 3.05) is 12.3 Å². The molecule has 1 aromatic rings. The molecule has 0 aliphatic heterocycles. The highest BCUT2D eigenvalue weighted by atomic mass is 32.2. The van der Waals surface area contributed by atoms with Crippen molar-refractivity contribution in [1.82, 2.24) is 4.72 Å². The van der Waals surface area contributed by atoms with E-state index in [1.807, 2.05) is 6.92 Å². The molecule has 0 saturated carbocycles. The third-order valence-electron chi connectivity index (χ3n) is 2.70. The minimum atomic E-state index is -3.59. The van der Waals surface area contributed by atoms with Gasteiger partial charge in [0.2, 0.25) is 15.9 Å². The van der Waals surface area contributed by atoms with Crippen molar-refractivity contribution in [3.63, 3.8) is 0 Å². The highest BCUT2D eigenvalue weighted by Crippen LogP contribution is 2.18. The van der Waals surface area contributed by atoms with E-state index in [0.717, 1.165) is 12.0 Å². The summed E-state index contributed by atoms with van der Waals surface area (Å²) in [6.45, 7) is 2.11. The van der Waals surface area contributed by atoms with Crippen LogP contribution in [0.25, 0.3) is 0 Å². The first kappa shape index (κ1) is 15.5. The van der Waals surface area contributed by atoms with Crippen LogP contribution in [0.1, 0.15) is 25.3 Å². The van der Waals surface area contributed by atoms with Gasteiger partial charge in [-0.2, -0.15) is 0 Å². The Morgan fingerprint density at radius 1 is 1.37 bits per heavy atom. The Morgan fingerprint density at radius 3 is 2.58 bits per heavy atom. The van der Waals surface area contributed by atoms with Gasteiger partial charge < -0.3 is 11.5 Å². The molecule has 19 heavy (non-hydrogen) atoms. The predicted molar refractivity (Wildman–Crippen MR) is 73.8 cm³/mol. The van der Waals surface area contributed by atoms with Crippen LogP contribution in [0.3, 0.4) is 0 Å². The van der Waals surface area contributed by atoms with Crippen LogP contribution < -0.4 is 16.2 Å². The molecule has 0 atom stereocenters. The number of hydrogen-bond donors (Lipinski definition) is 3. The van der Waals surface area contributed by atoms with E-state index in [1.165, 1.54) is 12.1 Å². The summed E-state index contributed by atoms with van der Waals surface area (Å²) in [5.41, 5.74) is 12.1. The normalized spacial score (nSPS) is 11.4. The maximum absolute atomic E-state index is 11.9. The predicted octanol–water partition coefficient (Wildman–Crippen LogP) is 0.375. The van der Waals surface area contributed by atoms with Crippen molar-refractivity contribution >= 4 is 21.6 Å². The maximum Gasteiger partial charge on any atom is 0.240 e. The molecule has 7 heteroatoms. The van der Waals surface area contributed by atoms with Crippen LogP contribution in [0.2, 0.25) is 0 Å². The minimum absolute atomic E-state index is 0.126. The average Bonchev–Trinajstić information content (AvgIpc) is 2.34. The number of carbonyl (C=O) groups excluding carboxylic acids is 1. The number of anilines is 1. The number of nitrogens with one attached hydrogen (secondary N) is 1. The first-order valence-electron chi connectivity index (χ1n) is 6.03. The Labute approximate surface area is 113 Å². The third-order valence-corrected chi connectivity index (χ3v) is 4.16. The summed E-state index contributed by atoms with van der Waals surface area (Å²) >= 11 is 0. The lowest BCUT2D eigenvalue weighted by Gasteiger charge is -2.09.